The highest BCUT2D eigenvalue weighted by molar-refractivity contribution is 7.10. The summed E-state index contributed by atoms with van der Waals surface area (Å²) in [6, 6.07) is 3.56. The van der Waals surface area contributed by atoms with Crippen LogP contribution in [0, 0.1) is 5.92 Å². The van der Waals surface area contributed by atoms with Gasteiger partial charge in [0.2, 0.25) is 5.91 Å². The summed E-state index contributed by atoms with van der Waals surface area (Å²) in [7, 11) is 0. The summed E-state index contributed by atoms with van der Waals surface area (Å²) >= 11 is 1.53. The molecule has 4 unspecified atom stereocenters. The molecular formula is C15H24N2O3S. The number of carbonyl (C=O) groups excluding carboxylic acids is 1. The minimum atomic E-state index is -0.558. The number of ether oxygens (including phenoxy) is 1. The normalized spacial score (nSPS) is 23.6. The summed E-state index contributed by atoms with van der Waals surface area (Å²) in [5.74, 6) is -0.166. The topological polar surface area (TPSA) is 75.8 Å². The third-order valence-electron chi connectivity index (χ3n) is 4.06. The minimum absolute atomic E-state index is 0.0525. The molecule has 0 spiro atoms. The van der Waals surface area contributed by atoms with E-state index in [0.717, 1.165) is 4.88 Å². The maximum absolute atomic E-state index is 12.5. The van der Waals surface area contributed by atoms with Gasteiger partial charge in [-0.3, -0.25) is 4.79 Å². The molecule has 4 atom stereocenters. The van der Waals surface area contributed by atoms with E-state index in [1.165, 1.54) is 11.3 Å². The molecule has 1 aromatic heterocycles. The second-order valence-electron chi connectivity index (χ2n) is 5.68. The Balaban J connectivity index is 2.03. The molecule has 118 valence electrons. The van der Waals surface area contributed by atoms with Crippen molar-refractivity contribution in [3.05, 3.63) is 22.4 Å². The second-order valence-corrected chi connectivity index (χ2v) is 6.65. The van der Waals surface area contributed by atoms with Gasteiger partial charge in [-0.25, -0.2) is 0 Å². The third kappa shape index (κ3) is 4.03. The van der Waals surface area contributed by atoms with Crippen molar-refractivity contribution in [1.82, 2.24) is 4.90 Å². The SMILES string of the molecule is CC(N)C(C)C(=O)N1CCOCC1CC(O)c1cccs1. The number of nitrogens with two attached hydrogens (primary N) is 1. The number of thiophene rings is 1. The first-order valence-electron chi connectivity index (χ1n) is 7.36. The number of nitrogens with zero attached hydrogens (tertiary/aromatic N) is 1. The quantitative estimate of drug-likeness (QED) is 0.861. The Labute approximate surface area is 129 Å². The molecule has 1 saturated heterocycles. The Hall–Kier alpha value is -0.950. The van der Waals surface area contributed by atoms with Gasteiger partial charge in [-0.2, -0.15) is 0 Å². The maximum Gasteiger partial charge on any atom is 0.227 e. The molecule has 0 bridgehead atoms. The van der Waals surface area contributed by atoms with Gasteiger partial charge in [0, 0.05) is 23.9 Å². The average molecular weight is 312 g/mol. The molecule has 0 radical (unpaired) electrons. The van der Waals surface area contributed by atoms with E-state index < -0.39 is 6.10 Å². The number of amides is 1. The van der Waals surface area contributed by atoms with E-state index in [-0.39, 0.29) is 23.9 Å². The molecule has 6 heteroatoms. The number of aliphatic hydroxyl groups excluding tert-OH is 1. The van der Waals surface area contributed by atoms with Gasteiger partial charge in [-0.15, -0.1) is 11.3 Å². The van der Waals surface area contributed by atoms with Crippen molar-refractivity contribution in [2.45, 2.75) is 38.5 Å². The van der Waals surface area contributed by atoms with Gasteiger partial charge in [-0.1, -0.05) is 13.0 Å². The van der Waals surface area contributed by atoms with Gasteiger partial charge in [0.1, 0.15) is 0 Å². The van der Waals surface area contributed by atoms with Crippen molar-refractivity contribution >= 4 is 17.2 Å². The molecule has 1 aliphatic rings. The molecule has 2 rings (SSSR count). The van der Waals surface area contributed by atoms with Gasteiger partial charge in [0.15, 0.2) is 0 Å². The molecule has 1 aromatic rings. The van der Waals surface area contributed by atoms with Crippen molar-refractivity contribution < 1.29 is 14.6 Å². The van der Waals surface area contributed by atoms with E-state index in [1.54, 1.807) is 0 Å². The summed E-state index contributed by atoms with van der Waals surface area (Å²) in [4.78, 5) is 15.3. The van der Waals surface area contributed by atoms with E-state index in [0.29, 0.717) is 26.2 Å². The highest BCUT2D eigenvalue weighted by atomic mass is 32.1. The highest BCUT2D eigenvalue weighted by Crippen LogP contribution is 2.26. The first kappa shape index (κ1) is 16.4. The molecule has 2 heterocycles. The first-order valence-corrected chi connectivity index (χ1v) is 8.24. The zero-order chi connectivity index (χ0) is 15.4. The number of morpholine rings is 1. The van der Waals surface area contributed by atoms with Crippen LogP contribution in [0.1, 0.15) is 31.2 Å². The van der Waals surface area contributed by atoms with E-state index in [9.17, 15) is 9.90 Å². The Morgan fingerprint density at radius 2 is 2.38 bits per heavy atom. The van der Waals surface area contributed by atoms with Crippen LogP contribution in [0.5, 0.6) is 0 Å². The van der Waals surface area contributed by atoms with Crippen LogP contribution in [-0.2, 0) is 9.53 Å². The fraction of sp³-hybridized carbons (Fsp3) is 0.667. The molecule has 0 aromatic carbocycles. The smallest absolute Gasteiger partial charge is 0.227 e. The van der Waals surface area contributed by atoms with Gasteiger partial charge in [-0.05, 0) is 18.4 Å². The molecule has 5 nitrogen and oxygen atoms in total. The largest absolute Gasteiger partial charge is 0.387 e. The zero-order valence-electron chi connectivity index (χ0n) is 12.6. The molecule has 0 saturated carbocycles. The molecule has 1 amide bonds. The lowest BCUT2D eigenvalue weighted by Crippen LogP contribution is -2.52. The van der Waals surface area contributed by atoms with Crippen molar-refractivity contribution in [3.8, 4) is 0 Å². The maximum atomic E-state index is 12.5. The lowest BCUT2D eigenvalue weighted by molar-refractivity contribution is -0.145. The van der Waals surface area contributed by atoms with E-state index in [4.69, 9.17) is 10.5 Å². The van der Waals surface area contributed by atoms with Crippen LogP contribution in [0.3, 0.4) is 0 Å². The van der Waals surface area contributed by atoms with Crippen molar-refractivity contribution in [1.29, 1.82) is 0 Å². The van der Waals surface area contributed by atoms with Crippen molar-refractivity contribution in [2.75, 3.05) is 19.8 Å². The van der Waals surface area contributed by atoms with Crippen molar-refractivity contribution in [3.63, 3.8) is 0 Å². The lowest BCUT2D eigenvalue weighted by atomic mass is 9.99. The van der Waals surface area contributed by atoms with Crippen LogP contribution in [0.2, 0.25) is 0 Å². The van der Waals surface area contributed by atoms with Crippen LogP contribution >= 0.6 is 11.3 Å². The zero-order valence-corrected chi connectivity index (χ0v) is 13.4. The van der Waals surface area contributed by atoms with Crippen LogP contribution in [0.15, 0.2) is 17.5 Å². The van der Waals surface area contributed by atoms with E-state index >= 15 is 0 Å². The van der Waals surface area contributed by atoms with Gasteiger partial charge < -0.3 is 20.5 Å². The predicted molar refractivity (Wildman–Crippen MR) is 83.0 cm³/mol. The summed E-state index contributed by atoms with van der Waals surface area (Å²) in [5, 5.41) is 12.2. The summed E-state index contributed by atoms with van der Waals surface area (Å²) in [6.07, 6.45) is -0.0598. The molecule has 1 aliphatic heterocycles. The number of rotatable bonds is 5. The lowest BCUT2D eigenvalue weighted by Gasteiger charge is -2.38. The van der Waals surface area contributed by atoms with Crippen molar-refractivity contribution in [2.24, 2.45) is 11.7 Å². The number of hydrogen-bond donors (Lipinski definition) is 2. The monoisotopic (exact) mass is 312 g/mol. The molecule has 1 fully saturated rings. The number of carbonyl (C=O) groups is 1. The van der Waals surface area contributed by atoms with E-state index in [1.807, 2.05) is 36.3 Å². The summed E-state index contributed by atoms with van der Waals surface area (Å²) in [6.45, 7) is 5.29. The molecule has 0 aliphatic carbocycles. The summed E-state index contributed by atoms with van der Waals surface area (Å²) in [5.41, 5.74) is 5.84. The highest BCUT2D eigenvalue weighted by Gasteiger charge is 2.32. The predicted octanol–water partition coefficient (Wildman–Crippen LogP) is 1.38. The summed E-state index contributed by atoms with van der Waals surface area (Å²) < 4.78 is 5.49. The Bertz CT molecular complexity index is 450. The van der Waals surface area contributed by atoms with Crippen LogP contribution in [-0.4, -0.2) is 47.8 Å². The Morgan fingerprint density at radius 3 is 3.00 bits per heavy atom. The standard InChI is InChI=1S/C15H24N2O3S/c1-10(11(2)16)15(19)17-5-6-20-9-12(17)8-13(18)14-4-3-7-21-14/h3-4,7,10-13,18H,5-6,8-9,16H2,1-2H3. The molecule has 21 heavy (non-hydrogen) atoms. The third-order valence-corrected chi connectivity index (χ3v) is 5.03. The van der Waals surface area contributed by atoms with Crippen LogP contribution in [0.4, 0.5) is 0 Å². The molecule has 3 N–H and O–H groups in total. The number of hydrogen-bond acceptors (Lipinski definition) is 5. The minimum Gasteiger partial charge on any atom is -0.387 e. The second kappa shape index (κ2) is 7.35. The number of aliphatic hydroxyl groups is 1. The van der Waals surface area contributed by atoms with Crippen LogP contribution < -0.4 is 5.73 Å². The Morgan fingerprint density at radius 1 is 1.62 bits per heavy atom. The van der Waals surface area contributed by atoms with Crippen LogP contribution in [0.25, 0.3) is 0 Å². The molecular weight excluding hydrogens is 288 g/mol. The fourth-order valence-electron chi connectivity index (χ4n) is 2.48. The first-order chi connectivity index (χ1) is 10.0. The van der Waals surface area contributed by atoms with Gasteiger partial charge in [0.05, 0.1) is 31.3 Å². The average Bonchev–Trinajstić information content (AvgIpc) is 3.00. The van der Waals surface area contributed by atoms with Gasteiger partial charge in [0.25, 0.3) is 0 Å². The van der Waals surface area contributed by atoms with E-state index in [2.05, 4.69) is 0 Å². The van der Waals surface area contributed by atoms with Gasteiger partial charge >= 0.3 is 0 Å². The fourth-order valence-corrected chi connectivity index (χ4v) is 3.21. The Kier molecular flexibility index (Phi) is 5.75.